The van der Waals surface area contributed by atoms with Gasteiger partial charge in [-0.1, -0.05) is 6.42 Å². The molecule has 0 rings (SSSR count). The van der Waals surface area contributed by atoms with Gasteiger partial charge in [0.2, 0.25) is 0 Å². The van der Waals surface area contributed by atoms with Crippen LogP contribution in [0.1, 0.15) is 39.0 Å². The maximum Gasteiger partial charge on any atom is 0.326 e. The van der Waals surface area contributed by atoms with Gasteiger partial charge in [-0.2, -0.15) is 0 Å². The lowest BCUT2D eigenvalue weighted by atomic mass is 10.1. The number of rotatable bonds is 10. The number of carbonyl (C=O) groups is 3. The van der Waals surface area contributed by atoms with Crippen molar-refractivity contribution < 1.29 is 24.6 Å². The van der Waals surface area contributed by atoms with Crippen LogP contribution < -0.4 is 16.4 Å². The topological polar surface area (TPSA) is 142 Å². The minimum absolute atomic E-state index is 0.101. The lowest BCUT2D eigenvalue weighted by Crippen LogP contribution is -2.48. The monoisotopic (exact) mass is 289 g/mol. The summed E-state index contributed by atoms with van der Waals surface area (Å²) in [5.74, 6) is -2.36. The lowest BCUT2D eigenvalue weighted by molar-refractivity contribution is -0.140. The molecule has 0 aromatic rings. The molecular weight excluding hydrogens is 266 g/mol. The van der Waals surface area contributed by atoms with E-state index in [4.69, 9.17) is 15.9 Å². The summed E-state index contributed by atoms with van der Waals surface area (Å²) in [6.07, 6.45) is 2.02. The van der Waals surface area contributed by atoms with Gasteiger partial charge < -0.3 is 26.6 Å². The van der Waals surface area contributed by atoms with E-state index in [2.05, 4.69) is 10.6 Å². The molecule has 8 nitrogen and oxygen atoms in total. The van der Waals surface area contributed by atoms with Crippen LogP contribution in [0.15, 0.2) is 0 Å². The Morgan fingerprint density at radius 3 is 2.25 bits per heavy atom. The second-order valence-electron chi connectivity index (χ2n) is 4.63. The van der Waals surface area contributed by atoms with Crippen molar-refractivity contribution in [3.05, 3.63) is 0 Å². The Balaban J connectivity index is 4.11. The second kappa shape index (κ2) is 10.0. The quantitative estimate of drug-likeness (QED) is 0.362. The Kier molecular flexibility index (Phi) is 9.10. The van der Waals surface area contributed by atoms with Crippen LogP contribution in [0.3, 0.4) is 0 Å². The van der Waals surface area contributed by atoms with Crippen molar-refractivity contribution in [3.8, 4) is 0 Å². The molecule has 2 atom stereocenters. The van der Waals surface area contributed by atoms with E-state index in [-0.39, 0.29) is 18.9 Å². The number of amides is 2. The average Bonchev–Trinajstić information content (AvgIpc) is 2.34. The van der Waals surface area contributed by atoms with Crippen molar-refractivity contribution in [2.45, 2.75) is 51.1 Å². The van der Waals surface area contributed by atoms with Crippen LogP contribution in [0.4, 0.5) is 4.79 Å². The van der Waals surface area contributed by atoms with Crippen molar-refractivity contribution in [1.29, 1.82) is 0 Å². The van der Waals surface area contributed by atoms with Crippen LogP contribution in [0.25, 0.3) is 0 Å². The third-order valence-corrected chi connectivity index (χ3v) is 2.72. The van der Waals surface area contributed by atoms with Crippen molar-refractivity contribution in [2.24, 2.45) is 5.73 Å². The number of urea groups is 1. The highest BCUT2D eigenvalue weighted by Gasteiger charge is 2.21. The van der Waals surface area contributed by atoms with Gasteiger partial charge >= 0.3 is 18.0 Å². The standard InChI is InChI=1S/C12H23N3O5/c1-8(4-2-3-7-13)14-12(20)15-9(11(18)19)5-6-10(16)17/h8-9H,2-7,13H2,1H3,(H,16,17)(H,18,19)(H2,14,15,20). The zero-order chi connectivity index (χ0) is 15.5. The molecule has 116 valence electrons. The van der Waals surface area contributed by atoms with Crippen molar-refractivity contribution >= 4 is 18.0 Å². The van der Waals surface area contributed by atoms with Gasteiger partial charge in [0, 0.05) is 12.5 Å². The molecule has 0 aliphatic heterocycles. The first kappa shape index (κ1) is 18.2. The van der Waals surface area contributed by atoms with Gasteiger partial charge in [-0.05, 0) is 32.7 Å². The second-order valence-corrected chi connectivity index (χ2v) is 4.63. The fourth-order valence-electron chi connectivity index (χ4n) is 1.62. The highest BCUT2D eigenvalue weighted by molar-refractivity contribution is 5.83. The predicted octanol–water partition coefficient (Wildman–Crippen LogP) is 0.121. The Labute approximate surface area is 117 Å². The number of nitrogens with two attached hydrogens (primary N) is 1. The van der Waals surface area contributed by atoms with E-state index in [1.165, 1.54) is 0 Å². The molecule has 0 saturated carbocycles. The maximum atomic E-state index is 11.6. The molecule has 0 saturated heterocycles. The van der Waals surface area contributed by atoms with Gasteiger partial charge in [0.15, 0.2) is 0 Å². The fourth-order valence-corrected chi connectivity index (χ4v) is 1.62. The molecule has 0 bridgehead atoms. The number of unbranched alkanes of at least 4 members (excludes halogenated alkanes) is 1. The largest absolute Gasteiger partial charge is 0.481 e. The number of nitrogens with one attached hydrogen (secondary N) is 2. The maximum absolute atomic E-state index is 11.6. The van der Waals surface area contributed by atoms with E-state index in [1.807, 2.05) is 6.92 Å². The molecule has 0 spiro atoms. The highest BCUT2D eigenvalue weighted by atomic mass is 16.4. The molecule has 0 heterocycles. The van der Waals surface area contributed by atoms with Crippen LogP contribution >= 0.6 is 0 Å². The van der Waals surface area contributed by atoms with E-state index < -0.39 is 24.0 Å². The molecule has 6 N–H and O–H groups in total. The summed E-state index contributed by atoms with van der Waals surface area (Å²) in [6, 6.07) is -1.92. The van der Waals surface area contributed by atoms with Crippen molar-refractivity contribution in [2.75, 3.05) is 6.54 Å². The molecule has 0 aromatic heterocycles. The molecule has 0 aliphatic rings. The van der Waals surface area contributed by atoms with E-state index >= 15 is 0 Å². The number of carboxylic acid groups (broad SMARTS) is 2. The molecule has 0 fully saturated rings. The first-order valence-electron chi connectivity index (χ1n) is 6.58. The summed E-state index contributed by atoms with van der Waals surface area (Å²) in [4.78, 5) is 32.9. The first-order valence-corrected chi connectivity index (χ1v) is 6.58. The number of carbonyl (C=O) groups excluding carboxylic acids is 1. The summed E-state index contributed by atoms with van der Waals surface area (Å²) < 4.78 is 0. The van der Waals surface area contributed by atoms with E-state index in [0.717, 1.165) is 19.3 Å². The van der Waals surface area contributed by atoms with E-state index in [9.17, 15) is 14.4 Å². The number of hydrogen-bond acceptors (Lipinski definition) is 4. The van der Waals surface area contributed by atoms with Crippen molar-refractivity contribution in [3.63, 3.8) is 0 Å². The normalized spacial score (nSPS) is 13.3. The molecule has 0 aliphatic carbocycles. The smallest absolute Gasteiger partial charge is 0.326 e. The lowest BCUT2D eigenvalue weighted by Gasteiger charge is -2.18. The number of aliphatic carboxylic acids is 2. The fraction of sp³-hybridized carbons (Fsp3) is 0.750. The zero-order valence-electron chi connectivity index (χ0n) is 11.6. The Hall–Kier alpha value is -1.83. The summed E-state index contributed by atoms with van der Waals surface area (Å²) in [5.41, 5.74) is 5.36. The van der Waals surface area contributed by atoms with Crippen LogP contribution in [-0.4, -0.2) is 46.8 Å². The molecule has 0 aromatic carbocycles. The number of hydrogen-bond donors (Lipinski definition) is 5. The third-order valence-electron chi connectivity index (χ3n) is 2.72. The molecular formula is C12H23N3O5. The van der Waals surface area contributed by atoms with Gasteiger partial charge in [0.25, 0.3) is 0 Å². The Morgan fingerprint density at radius 1 is 1.10 bits per heavy atom. The van der Waals surface area contributed by atoms with Crippen LogP contribution in [0, 0.1) is 0 Å². The minimum Gasteiger partial charge on any atom is -0.481 e. The van der Waals surface area contributed by atoms with Gasteiger partial charge in [-0.15, -0.1) is 0 Å². The van der Waals surface area contributed by atoms with Gasteiger partial charge in [0.1, 0.15) is 6.04 Å². The predicted molar refractivity (Wildman–Crippen MR) is 72.3 cm³/mol. The molecule has 0 radical (unpaired) electrons. The average molecular weight is 289 g/mol. The summed E-state index contributed by atoms with van der Waals surface area (Å²) in [5, 5.41) is 22.3. The van der Waals surface area contributed by atoms with Gasteiger partial charge in [-0.25, -0.2) is 9.59 Å². The summed E-state index contributed by atoms with van der Waals surface area (Å²) >= 11 is 0. The highest BCUT2D eigenvalue weighted by Crippen LogP contribution is 2.01. The van der Waals surface area contributed by atoms with Crippen LogP contribution in [0.5, 0.6) is 0 Å². The van der Waals surface area contributed by atoms with E-state index in [0.29, 0.717) is 6.54 Å². The van der Waals surface area contributed by atoms with Crippen LogP contribution in [0.2, 0.25) is 0 Å². The molecule has 20 heavy (non-hydrogen) atoms. The van der Waals surface area contributed by atoms with Gasteiger partial charge in [-0.3, -0.25) is 4.79 Å². The Bertz CT molecular complexity index is 335. The summed E-state index contributed by atoms with van der Waals surface area (Å²) in [7, 11) is 0. The molecule has 8 heteroatoms. The molecule has 2 amide bonds. The van der Waals surface area contributed by atoms with Gasteiger partial charge in [0.05, 0.1) is 0 Å². The summed E-state index contributed by atoms with van der Waals surface area (Å²) in [6.45, 7) is 2.40. The SMILES string of the molecule is CC(CCCCN)NC(=O)NC(CCC(=O)O)C(=O)O. The third kappa shape index (κ3) is 9.15. The number of carboxylic acids is 2. The minimum atomic E-state index is -1.25. The van der Waals surface area contributed by atoms with Crippen LogP contribution in [-0.2, 0) is 9.59 Å². The first-order chi connectivity index (χ1) is 9.36. The Morgan fingerprint density at radius 2 is 1.75 bits per heavy atom. The zero-order valence-corrected chi connectivity index (χ0v) is 11.6. The molecule has 2 unspecified atom stereocenters. The van der Waals surface area contributed by atoms with E-state index in [1.54, 1.807) is 0 Å². The van der Waals surface area contributed by atoms with Crippen molar-refractivity contribution in [1.82, 2.24) is 10.6 Å².